The van der Waals surface area contributed by atoms with Crippen LogP contribution in [0.3, 0.4) is 0 Å². The Kier molecular flexibility index (Phi) is 12.5. The zero-order valence-corrected chi connectivity index (χ0v) is 72.0. The van der Waals surface area contributed by atoms with E-state index in [0.717, 1.165) is 9.80 Å². The molecule has 0 atom stereocenters. The molecule has 0 fully saturated rings. The van der Waals surface area contributed by atoms with Crippen molar-refractivity contribution in [2.45, 2.75) is 262 Å². The van der Waals surface area contributed by atoms with Crippen LogP contribution in [0.1, 0.15) is 303 Å². The van der Waals surface area contributed by atoms with E-state index in [9.17, 15) is 34.3 Å². The molecule has 10 aromatic carbocycles. The lowest BCUT2D eigenvalue weighted by molar-refractivity contribution is 0.448. The van der Waals surface area contributed by atoms with Crippen LogP contribution in [0.5, 0.6) is 11.5 Å². The summed E-state index contributed by atoms with van der Waals surface area (Å²) in [6, 6.07) is -5.85. The summed E-state index contributed by atoms with van der Waals surface area (Å²) in [5, 5.41) is -0.451. The third-order valence-corrected chi connectivity index (χ3v) is 20.9. The first-order valence-corrected chi connectivity index (χ1v) is 39.1. The van der Waals surface area contributed by atoms with Crippen LogP contribution in [0.25, 0.3) is 21.9 Å². The Morgan fingerprint density at radius 1 is 0.354 bits per heavy atom. The van der Waals surface area contributed by atoms with Crippen LogP contribution in [-0.4, -0.2) is 6.71 Å². The lowest BCUT2D eigenvalue weighted by Gasteiger charge is -2.46. The fourth-order valence-electron chi connectivity index (χ4n) is 13.6. The Hall–Kier alpha value is -9.37. The summed E-state index contributed by atoms with van der Waals surface area (Å²) in [5.41, 5.74) is -8.27. The average molecular weight is 1550 g/mol. The smallest absolute Gasteiger partial charge is 0.297 e. The van der Waals surface area contributed by atoms with Gasteiger partial charge in [-0.25, -0.2) is 0 Å². The van der Waals surface area contributed by atoms with Crippen LogP contribution >= 0.6 is 11.6 Å². The summed E-state index contributed by atoms with van der Waals surface area (Å²) in [4.78, 5) is 5.44. The summed E-state index contributed by atoms with van der Waals surface area (Å²) in [6.07, 6.45) is -0.705. The largest absolute Gasteiger partial charge is 0.468 e. The predicted molar refractivity (Wildman–Crippen MR) is 488 cm³/mol. The molecule has 0 unspecified atom stereocenters. The maximum atomic E-state index is 10.2. The van der Waals surface area contributed by atoms with Gasteiger partial charge >= 0.3 is 0 Å². The summed E-state index contributed by atoms with van der Waals surface area (Å²) in [6.45, 7) is 53.0. The van der Waals surface area contributed by atoms with Crippen LogP contribution < -0.4 is 40.9 Å². The van der Waals surface area contributed by atoms with Crippen molar-refractivity contribution in [2.75, 3.05) is 19.6 Å². The van der Waals surface area contributed by atoms with Gasteiger partial charge in [-0.3, -0.25) is 0 Å². The number of hydrogen-bond donors (Lipinski definition) is 0. The van der Waals surface area contributed by atoms with Crippen LogP contribution in [0.4, 0.5) is 68.2 Å². The molecule has 15 rings (SSSR count). The lowest BCUT2D eigenvalue weighted by Crippen LogP contribution is -2.61. The zero-order chi connectivity index (χ0) is 107. The Balaban J connectivity index is 0.000000226. The summed E-state index contributed by atoms with van der Waals surface area (Å²) in [7, 11) is 0. The highest BCUT2D eigenvalue weighted by molar-refractivity contribution is 7.00. The molecule has 0 saturated heterocycles. The first-order chi connectivity index (χ1) is 64.4. The zero-order valence-electron chi connectivity index (χ0n) is 100. The Morgan fingerprint density at radius 3 is 1.32 bits per heavy atom. The fraction of sp³-hybridized carbons (Fsp3) is 0.385. The lowest BCUT2D eigenvalue weighted by atomic mass is 9.35. The van der Waals surface area contributed by atoms with Gasteiger partial charge in [-0.15, -0.1) is 0 Å². The van der Waals surface area contributed by atoms with Crippen molar-refractivity contribution in [3.05, 3.63) is 254 Å². The third-order valence-electron chi connectivity index (χ3n) is 20.5. The standard InChI is InChI=1S/C52H59BN2O2.C52H63ClN2O/c1-48(2,3)30-16-21-34(22-17-30)54-39-27-32(50(7,8)9)18-23-37(39)53-43-40(54)29-36(52(13,14)15)46-45(43)55(38-24-19-33(51(10,11)12)28-42(38)56-46)44-35-26-31(49(4,5)6)20-25-41(35)57-47(44)53;1-48(2,3)34-19-24-39(25-20-34)54(41-18-16-17-36(29-41)50(7,8)9)43-31-38(52(13,14)15)32-44(47(43)53)55(40-26-21-35(22-27-40)49(4,5)6)45-33-56-46-28-23-37(30-42(45)46)51(10,11)12/h16-29H,1-15H3;16-33H,1-15H3/i16D,17D,18D,19D,20D,21D,22D,23D,24D,25D,26D,27D,28D;16D,17D,18D,19D,20D,21D,22D,23D,24D,25D,26D,27D,28D,29D,30D,33D. The third kappa shape index (κ3) is 15.0. The number of halogens is 1. The highest BCUT2D eigenvalue weighted by Crippen LogP contribution is 2.60. The van der Waals surface area contributed by atoms with E-state index in [4.69, 9.17) is 30.7 Å². The van der Waals surface area contributed by atoms with Gasteiger partial charge < -0.3 is 33.2 Å². The first-order valence-electron chi connectivity index (χ1n) is 53.2. The second-order valence-corrected chi connectivity index (χ2v) is 40.7. The molecular weight excluding hydrogens is 1400 g/mol. The van der Waals surface area contributed by atoms with Gasteiger partial charge in [0.25, 0.3) is 6.71 Å². The SMILES string of the molecule is [2H]c1c([2H])c(C(C)(C)C)c([2H])c2c1B1c3oc4c([2H])c([2H])c(C(C)(C)C)c([2H])c4c3N3c4c([2H])c([2H])c(C(C)(C)C)c([2H])c4Oc4c(C(C)(C)C)cc(c1c43)N2c1c([2H])c([2H])c(C(C)(C)C)c([2H])c1[2H].[2H]c1oc2c([2H])c([2H])c(C(C)(C)C)c([2H])c2c1N(c1cc(C(C)(C)C)cc(N(c2c([2H])c([2H])c(C(C)(C)C)c([2H])c2[2H])c2c([2H])c([2H])c([2H])c(C(C)(C)C)c2[2H])c1Cl)c1c([2H])c([2H])c(C(C)(C)C)c([2H])c1[2H]. The number of nitrogens with zero attached hydrogens (tertiary/aromatic N) is 4. The molecule has 0 radical (unpaired) electrons. The van der Waals surface area contributed by atoms with Gasteiger partial charge in [0.1, 0.15) is 18.8 Å². The number of fused-ring (bicyclic) bond motifs is 10. The number of furan rings is 2. The van der Waals surface area contributed by atoms with Crippen LogP contribution in [0, 0.1) is 0 Å². The second-order valence-electron chi connectivity index (χ2n) is 40.4. The van der Waals surface area contributed by atoms with E-state index >= 15 is 0 Å². The van der Waals surface area contributed by atoms with E-state index in [1.165, 1.54) is 4.90 Å². The highest BCUT2D eigenvalue weighted by Gasteiger charge is 2.52. The molecular formula is C104H122BClN4O3. The van der Waals surface area contributed by atoms with Gasteiger partial charge in [0.2, 0.25) is 0 Å². The van der Waals surface area contributed by atoms with E-state index in [1.807, 2.05) is 131 Å². The van der Waals surface area contributed by atoms with E-state index in [-0.39, 0.29) is 224 Å². The number of rotatable bonds is 7. The molecule has 3 aliphatic rings. The van der Waals surface area contributed by atoms with Crippen molar-refractivity contribution in [1.29, 1.82) is 0 Å². The average Bonchev–Trinajstić information content (AvgIpc) is 1.27. The van der Waals surface area contributed by atoms with Crippen LogP contribution in [-0.2, 0) is 54.1 Å². The van der Waals surface area contributed by atoms with Crippen molar-refractivity contribution in [1.82, 2.24) is 0 Å². The Bertz CT molecular complexity index is 7430. The quantitative estimate of drug-likeness (QED) is 0.147. The molecule has 113 heavy (non-hydrogen) atoms. The molecule has 0 amide bonds. The molecule has 0 saturated carbocycles. The molecule has 3 aliphatic heterocycles. The number of ether oxygens (including phenoxy) is 1. The van der Waals surface area contributed by atoms with Gasteiger partial charge in [-0.2, -0.15) is 0 Å². The minimum absolute atomic E-state index is 0.0167. The molecule has 2 aromatic heterocycles. The molecule has 0 N–H and O–H groups in total. The van der Waals surface area contributed by atoms with E-state index in [0.29, 0.717) is 16.6 Å². The van der Waals surface area contributed by atoms with Crippen molar-refractivity contribution >= 4 is 125 Å². The Morgan fingerprint density at radius 2 is 0.796 bits per heavy atom. The Labute approximate surface area is 723 Å². The molecule has 0 aliphatic carbocycles. The van der Waals surface area contributed by atoms with Crippen molar-refractivity contribution in [3.63, 3.8) is 0 Å². The summed E-state index contributed by atoms with van der Waals surface area (Å²) < 4.78 is 298. The minimum Gasteiger partial charge on any atom is -0.468 e. The number of hydrogen-bond acceptors (Lipinski definition) is 7. The van der Waals surface area contributed by atoms with E-state index < -0.39 is 175 Å². The second kappa shape index (κ2) is 27.4. The van der Waals surface area contributed by atoms with Gasteiger partial charge in [0, 0.05) is 50.5 Å². The minimum atomic E-state index is -1.23. The summed E-state index contributed by atoms with van der Waals surface area (Å²) >= 11 is 7.84. The van der Waals surface area contributed by atoms with Crippen molar-refractivity contribution < 1.29 is 53.3 Å². The molecule has 0 bridgehead atoms. The molecule has 586 valence electrons. The van der Waals surface area contributed by atoms with Crippen molar-refractivity contribution in [2.24, 2.45) is 0 Å². The van der Waals surface area contributed by atoms with E-state index in [2.05, 4.69) is 0 Å². The topological polar surface area (TPSA) is 48.5 Å². The molecule has 5 heterocycles. The maximum absolute atomic E-state index is 10.2. The van der Waals surface area contributed by atoms with E-state index in [1.54, 1.807) is 100 Å². The monoisotopic (exact) mass is 1550 g/mol. The molecule has 9 heteroatoms. The van der Waals surface area contributed by atoms with Gasteiger partial charge in [-0.05, 0) is 224 Å². The molecule has 12 aromatic rings. The maximum Gasteiger partial charge on any atom is 0.297 e. The fourth-order valence-corrected chi connectivity index (χ4v) is 13.9. The number of anilines is 12. The molecule has 7 nitrogen and oxygen atoms in total. The summed E-state index contributed by atoms with van der Waals surface area (Å²) in [5.74, 6) is 0.206. The van der Waals surface area contributed by atoms with Crippen LogP contribution in [0.2, 0.25) is 5.02 Å². The number of benzene rings is 10. The highest BCUT2D eigenvalue weighted by atomic mass is 35.5. The van der Waals surface area contributed by atoms with Gasteiger partial charge in [-0.1, -0.05) is 298 Å². The van der Waals surface area contributed by atoms with Gasteiger partial charge in [0.15, 0.2) is 11.5 Å². The first kappa shape index (κ1) is 51.5. The normalized spacial score (nSPS) is 17.6. The van der Waals surface area contributed by atoms with Gasteiger partial charge in [0.05, 0.1) is 83.2 Å². The van der Waals surface area contributed by atoms with Crippen LogP contribution in [0.15, 0.2) is 202 Å². The molecule has 0 spiro atoms. The van der Waals surface area contributed by atoms with Crippen molar-refractivity contribution in [3.8, 4) is 11.5 Å². The predicted octanol–water partition coefficient (Wildman–Crippen LogP) is 29.6.